The van der Waals surface area contributed by atoms with E-state index in [4.69, 9.17) is 13.9 Å². The van der Waals surface area contributed by atoms with Crippen LogP contribution in [0, 0.1) is 6.92 Å². The van der Waals surface area contributed by atoms with Crippen LogP contribution in [0.5, 0.6) is 0 Å². The third-order valence-electron chi connectivity index (χ3n) is 5.93. The van der Waals surface area contributed by atoms with E-state index in [9.17, 15) is 14.4 Å². The number of hydrogen-bond donors (Lipinski definition) is 1. The number of rotatable bonds is 6. The highest BCUT2D eigenvalue weighted by Gasteiger charge is 2.40. The second kappa shape index (κ2) is 9.12. The van der Waals surface area contributed by atoms with Gasteiger partial charge in [0.25, 0.3) is 0 Å². The number of fused-ring (bicyclic) bond motifs is 1. The first kappa shape index (κ1) is 22.0. The van der Waals surface area contributed by atoms with Gasteiger partial charge in [0.1, 0.15) is 12.2 Å². The molecule has 1 atom stereocenters. The minimum atomic E-state index is -0.834. The summed E-state index contributed by atoms with van der Waals surface area (Å²) in [6, 6.07) is 5.38. The maximum atomic E-state index is 13.5. The van der Waals surface area contributed by atoms with E-state index in [2.05, 4.69) is 5.32 Å². The second-order valence-corrected chi connectivity index (χ2v) is 8.12. The van der Waals surface area contributed by atoms with Gasteiger partial charge in [0.2, 0.25) is 0 Å². The van der Waals surface area contributed by atoms with Crippen LogP contribution in [-0.2, 0) is 19.1 Å². The first-order valence-electron chi connectivity index (χ1n) is 10.9. The number of nitrogens with one attached hydrogen (secondary N) is 1. The van der Waals surface area contributed by atoms with Crippen molar-refractivity contribution in [3.63, 3.8) is 0 Å². The molecule has 2 aromatic rings. The van der Waals surface area contributed by atoms with E-state index in [-0.39, 0.29) is 35.6 Å². The number of hydrogen-bond acceptors (Lipinski definition) is 7. The van der Waals surface area contributed by atoms with E-state index in [1.807, 2.05) is 19.9 Å². The third-order valence-corrected chi connectivity index (χ3v) is 5.93. The van der Waals surface area contributed by atoms with Crippen molar-refractivity contribution in [3.8, 4) is 0 Å². The minimum absolute atomic E-state index is 0.0698. The molecule has 1 aliphatic carbocycles. The fraction of sp³-hybridized carbons (Fsp3) is 0.400. The quantitative estimate of drug-likeness (QED) is 0.544. The zero-order chi connectivity index (χ0) is 22.8. The molecule has 0 saturated heterocycles. The number of ether oxygens (including phenoxy) is 2. The zero-order valence-electron chi connectivity index (χ0n) is 18.6. The van der Waals surface area contributed by atoms with Crippen molar-refractivity contribution in [1.82, 2.24) is 5.32 Å². The predicted molar refractivity (Wildman–Crippen MR) is 119 cm³/mol. The zero-order valence-corrected chi connectivity index (χ0v) is 18.6. The molecule has 0 amide bonds. The van der Waals surface area contributed by atoms with E-state index in [0.29, 0.717) is 41.7 Å². The molecule has 0 unspecified atom stereocenters. The molecule has 0 spiro atoms. The topological polar surface area (TPSA) is 94.8 Å². The Hall–Kier alpha value is -3.19. The van der Waals surface area contributed by atoms with Crippen molar-refractivity contribution in [1.29, 1.82) is 0 Å². The summed E-state index contributed by atoms with van der Waals surface area (Å²) in [5.41, 5.74) is 3.45. The number of Topliss-reactive ketones (excluding diaryl/α,β-unsaturated/α-hetero) is 1. The van der Waals surface area contributed by atoms with Crippen LogP contribution in [0.25, 0.3) is 11.0 Å². The SMILES string of the molecule is CCOCCOC(=O)C1=C(C)NC2=C(C(=O)CCC2)[C@H]1c1coc2ccc(C)cc2c1=O. The molecular weight excluding hydrogens is 410 g/mol. The second-order valence-electron chi connectivity index (χ2n) is 8.12. The molecule has 32 heavy (non-hydrogen) atoms. The third kappa shape index (κ3) is 4.00. The van der Waals surface area contributed by atoms with Gasteiger partial charge in [0.05, 0.1) is 29.7 Å². The highest BCUT2D eigenvalue weighted by Crippen LogP contribution is 2.41. The Kier molecular flexibility index (Phi) is 6.28. The van der Waals surface area contributed by atoms with Crippen LogP contribution in [0.4, 0.5) is 0 Å². The molecule has 2 heterocycles. The summed E-state index contributed by atoms with van der Waals surface area (Å²) < 4.78 is 16.5. The standard InChI is InChI=1S/C25H27NO6/c1-4-30-10-11-31-25(29)21-15(3)26-18-6-5-7-19(27)23(18)22(21)17-13-32-20-9-8-14(2)12-16(20)24(17)28/h8-9,12-13,22,26H,4-7,10-11H2,1-3H3/t22-/m0/s1. The van der Waals surface area contributed by atoms with Crippen LogP contribution < -0.4 is 10.7 Å². The summed E-state index contributed by atoms with van der Waals surface area (Å²) in [7, 11) is 0. The Morgan fingerprint density at radius 2 is 2.00 bits per heavy atom. The average molecular weight is 437 g/mol. The maximum absolute atomic E-state index is 13.5. The Morgan fingerprint density at radius 3 is 2.78 bits per heavy atom. The van der Waals surface area contributed by atoms with Gasteiger partial charge in [-0.2, -0.15) is 0 Å². The highest BCUT2D eigenvalue weighted by atomic mass is 16.6. The van der Waals surface area contributed by atoms with Gasteiger partial charge in [-0.3, -0.25) is 9.59 Å². The van der Waals surface area contributed by atoms with E-state index in [0.717, 1.165) is 17.7 Å². The van der Waals surface area contributed by atoms with E-state index in [1.54, 1.807) is 19.1 Å². The molecule has 1 N–H and O–H groups in total. The smallest absolute Gasteiger partial charge is 0.336 e. The summed E-state index contributed by atoms with van der Waals surface area (Å²) in [5.74, 6) is -1.48. The van der Waals surface area contributed by atoms with Gasteiger partial charge in [-0.05, 0) is 45.7 Å². The lowest BCUT2D eigenvalue weighted by Crippen LogP contribution is -2.36. The fourth-order valence-corrected chi connectivity index (χ4v) is 4.44. The number of ketones is 1. The van der Waals surface area contributed by atoms with Gasteiger partial charge in [-0.15, -0.1) is 0 Å². The molecule has 0 bridgehead atoms. The molecule has 1 aromatic carbocycles. The predicted octanol–water partition coefficient (Wildman–Crippen LogP) is 3.65. The van der Waals surface area contributed by atoms with Crippen molar-refractivity contribution in [2.45, 2.75) is 46.0 Å². The number of carbonyl (C=O) groups excluding carboxylic acids is 2. The fourth-order valence-electron chi connectivity index (χ4n) is 4.44. The number of carbonyl (C=O) groups is 2. The van der Waals surface area contributed by atoms with Crippen LogP contribution in [0.2, 0.25) is 0 Å². The van der Waals surface area contributed by atoms with Crippen LogP contribution in [0.15, 0.2) is 56.2 Å². The normalized spacial score (nSPS) is 18.6. The summed E-state index contributed by atoms with van der Waals surface area (Å²) in [6.07, 6.45) is 3.16. The number of dihydropyridines is 1. The van der Waals surface area contributed by atoms with Gasteiger partial charge in [-0.25, -0.2) is 4.79 Å². The van der Waals surface area contributed by atoms with Gasteiger partial charge in [-0.1, -0.05) is 11.6 Å². The van der Waals surface area contributed by atoms with E-state index >= 15 is 0 Å². The Balaban J connectivity index is 1.84. The molecule has 168 valence electrons. The molecule has 0 fully saturated rings. The van der Waals surface area contributed by atoms with Crippen molar-refractivity contribution in [2.24, 2.45) is 0 Å². The van der Waals surface area contributed by atoms with Crippen LogP contribution in [-0.4, -0.2) is 31.6 Å². The Bertz CT molecular complexity index is 1200. The lowest BCUT2D eigenvalue weighted by atomic mass is 9.75. The molecule has 0 radical (unpaired) electrons. The molecule has 2 aliphatic rings. The average Bonchev–Trinajstić information content (AvgIpc) is 2.76. The van der Waals surface area contributed by atoms with E-state index < -0.39 is 11.9 Å². The Morgan fingerprint density at radius 1 is 1.19 bits per heavy atom. The summed E-state index contributed by atoms with van der Waals surface area (Å²) in [4.78, 5) is 39.6. The number of benzene rings is 1. The Labute approximate surface area is 186 Å². The van der Waals surface area contributed by atoms with Gasteiger partial charge < -0.3 is 19.2 Å². The number of allylic oxidation sites excluding steroid dienone is 3. The highest BCUT2D eigenvalue weighted by molar-refractivity contribution is 6.04. The van der Waals surface area contributed by atoms with E-state index in [1.165, 1.54) is 6.26 Å². The molecule has 7 nitrogen and oxygen atoms in total. The lowest BCUT2D eigenvalue weighted by Gasteiger charge is -2.33. The van der Waals surface area contributed by atoms with Crippen molar-refractivity contribution in [2.75, 3.05) is 19.8 Å². The summed E-state index contributed by atoms with van der Waals surface area (Å²) in [5, 5.41) is 3.64. The number of aryl methyl sites for hydroxylation is 1. The largest absolute Gasteiger partial charge is 0.464 e. The van der Waals surface area contributed by atoms with Crippen molar-refractivity contribution < 1.29 is 23.5 Å². The van der Waals surface area contributed by atoms with Gasteiger partial charge in [0.15, 0.2) is 11.2 Å². The molecule has 4 rings (SSSR count). The lowest BCUT2D eigenvalue weighted by molar-refractivity contribution is -0.140. The van der Waals surface area contributed by atoms with Crippen molar-refractivity contribution >= 4 is 22.7 Å². The van der Waals surface area contributed by atoms with Crippen LogP contribution in [0.3, 0.4) is 0 Å². The first-order valence-corrected chi connectivity index (χ1v) is 10.9. The maximum Gasteiger partial charge on any atom is 0.336 e. The van der Waals surface area contributed by atoms with Crippen molar-refractivity contribution in [3.05, 3.63) is 68.4 Å². The molecule has 7 heteroatoms. The van der Waals surface area contributed by atoms with Gasteiger partial charge in [0, 0.05) is 35.6 Å². The van der Waals surface area contributed by atoms with Crippen LogP contribution >= 0.6 is 0 Å². The monoisotopic (exact) mass is 437 g/mol. The van der Waals surface area contributed by atoms with Gasteiger partial charge >= 0.3 is 5.97 Å². The first-order chi connectivity index (χ1) is 15.4. The molecule has 1 aromatic heterocycles. The van der Waals surface area contributed by atoms with Crippen LogP contribution in [0.1, 0.15) is 50.2 Å². The molecule has 1 aliphatic heterocycles. The number of esters is 1. The molecule has 0 saturated carbocycles. The summed E-state index contributed by atoms with van der Waals surface area (Å²) >= 11 is 0. The minimum Gasteiger partial charge on any atom is -0.464 e. The summed E-state index contributed by atoms with van der Waals surface area (Å²) in [6.45, 7) is 6.40. The molecular formula is C25H27NO6.